The van der Waals surface area contributed by atoms with Crippen LogP contribution in [0.2, 0.25) is 0 Å². The molecule has 1 heteroatoms. The van der Waals surface area contributed by atoms with Crippen LogP contribution in [-0.2, 0) is 0 Å². The van der Waals surface area contributed by atoms with E-state index >= 15 is 0 Å². The van der Waals surface area contributed by atoms with Gasteiger partial charge in [-0.15, -0.1) is 0 Å². The number of hydrogen-bond donors (Lipinski definition) is 0. The molecule has 0 aliphatic rings. The predicted octanol–water partition coefficient (Wildman–Crippen LogP) is 15.0. The smallest absolute Gasteiger partial charge is 0.0541 e. The Balaban J connectivity index is 1.12. The van der Waals surface area contributed by atoms with Crippen molar-refractivity contribution in [1.82, 2.24) is 4.57 Å². The minimum Gasteiger partial charge on any atom is -0.309 e. The fraction of sp³-hybridized carbons (Fsp3) is 0. The number of aromatic nitrogens is 1. The molecule has 11 aromatic carbocycles. The number of rotatable bonds is 3. The normalized spacial score (nSPS) is 12.0. The first-order valence-electron chi connectivity index (χ1n) is 19.1. The molecule has 0 atom stereocenters. The standard InChI is InChI=1S/C54H33N/c1-2-14-34(15-3-1)37-23-12-25-43-38(37)24-13-27-51(43)55-50-26-11-10-19-44(50)48-32-36(29-31-52(48)55)35-28-30-42-41-18-6-8-21-46(41)53-45-20-7-4-16-39(45)40-17-5-9-22-47(40)54(53)49(42)33-35/h1-33H. The Morgan fingerprint density at radius 1 is 0.236 bits per heavy atom. The van der Waals surface area contributed by atoms with Crippen LogP contribution in [0.15, 0.2) is 200 Å². The van der Waals surface area contributed by atoms with E-state index in [1.165, 1.54) is 114 Å². The molecule has 12 aromatic rings. The summed E-state index contributed by atoms with van der Waals surface area (Å²) in [7, 11) is 0. The van der Waals surface area contributed by atoms with Crippen molar-refractivity contribution < 1.29 is 0 Å². The van der Waals surface area contributed by atoms with Crippen molar-refractivity contribution in [3.05, 3.63) is 200 Å². The van der Waals surface area contributed by atoms with Gasteiger partial charge in [-0.05, 0) is 112 Å². The van der Waals surface area contributed by atoms with Crippen LogP contribution in [0.4, 0.5) is 0 Å². The van der Waals surface area contributed by atoms with Crippen LogP contribution in [0.3, 0.4) is 0 Å². The van der Waals surface area contributed by atoms with Crippen LogP contribution >= 0.6 is 0 Å². The van der Waals surface area contributed by atoms with Gasteiger partial charge in [0.15, 0.2) is 0 Å². The lowest BCUT2D eigenvalue weighted by atomic mass is 9.86. The van der Waals surface area contributed by atoms with E-state index in [1.807, 2.05) is 0 Å². The molecule has 0 aliphatic heterocycles. The summed E-state index contributed by atoms with van der Waals surface area (Å²) in [5, 5.41) is 18.0. The third-order valence-corrected chi connectivity index (χ3v) is 11.9. The highest BCUT2D eigenvalue weighted by Gasteiger charge is 2.19. The van der Waals surface area contributed by atoms with Gasteiger partial charge in [0.1, 0.15) is 0 Å². The third-order valence-electron chi connectivity index (χ3n) is 11.9. The maximum absolute atomic E-state index is 2.46. The number of benzene rings is 11. The summed E-state index contributed by atoms with van der Waals surface area (Å²) in [6.45, 7) is 0. The summed E-state index contributed by atoms with van der Waals surface area (Å²) >= 11 is 0. The summed E-state index contributed by atoms with van der Waals surface area (Å²) in [6, 6.07) is 74.0. The van der Waals surface area contributed by atoms with Gasteiger partial charge < -0.3 is 4.57 Å². The van der Waals surface area contributed by atoms with E-state index in [0.29, 0.717) is 0 Å². The monoisotopic (exact) mass is 695 g/mol. The van der Waals surface area contributed by atoms with Gasteiger partial charge in [0.2, 0.25) is 0 Å². The van der Waals surface area contributed by atoms with Crippen molar-refractivity contribution in [2.45, 2.75) is 0 Å². The van der Waals surface area contributed by atoms with Gasteiger partial charge in [-0.25, -0.2) is 0 Å². The van der Waals surface area contributed by atoms with E-state index in [2.05, 4.69) is 205 Å². The molecule has 0 saturated heterocycles. The lowest BCUT2D eigenvalue weighted by Gasteiger charge is -2.17. The topological polar surface area (TPSA) is 4.93 Å². The molecule has 1 heterocycles. The zero-order valence-electron chi connectivity index (χ0n) is 30.0. The molecule has 12 rings (SSSR count). The SMILES string of the molecule is c1ccc(-c2cccc3c(-n4c5ccccc5c5cc(-c6ccc7c8ccccc8c8c9ccccc9c9ccccc9c8c7c6)ccc54)cccc23)cc1. The molecule has 0 spiro atoms. The van der Waals surface area contributed by atoms with Crippen LogP contribution in [0.5, 0.6) is 0 Å². The highest BCUT2D eigenvalue weighted by molar-refractivity contribution is 6.39. The quantitative estimate of drug-likeness (QED) is 0.162. The van der Waals surface area contributed by atoms with E-state index in [0.717, 1.165) is 0 Å². The maximum atomic E-state index is 2.46. The van der Waals surface area contributed by atoms with Crippen LogP contribution in [0.1, 0.15) is 0 Å². The van der Waals surface area contributed by atoms with Crippen molar-refractivity contribution in [3.63, 3.8) is 0 Å². The zero-order chi connectivity index (χ0) is 36.0. The molecular formula is C54H33N. The molecule has 0 aliphatic carbocycles. The summed E-state index contributed by atoms with van der Waals surface area (Å²) in [5.41, 5.74) is 8.52. The molecule has 0 amide bonds. The zero-order valence-corrected chi connectivity index (χ0v) is 30.0. The number of fused-ring (bicyclic) bond motifs is 15. The number of para-hydroxylation sites is 1. The molecule has 0 bridgehead atoms. The average Bonchev–Trinajstić information content (AvgIpc) is 3.59. The van der Waals surface area contributed by atoms with Gasteiger partial charge in [-0.1, -0.05) is 170 Å². The van der Waals surface area contributed by atoms with Crippen molar-refractivity contribution in [1.29, 1.82) is 0 Å². The van der Waals surface area contributed by atoms with Gasteiger partial charge >= 0.3 is 0 Å². The highest BCUT2D eigenvalue weighted by atomic mass is 15.0. The first-order chi connectivity index (χ1) is 27.3. The highest BCUT2D eigenvalue weighted by Crippen LogP contribution is 2.45. The molecule has 0 unspecified atom stereocenters. The van der Waals surface area contributed by atoms with E-state index in [1.54, 1.807) is 0 Å². The second-order valence-corrected chi connectivity index (χ2v) is 14.8. The van der Waals surface area contributed by atoms with Crippen LogP contribution in [-0.4, -0.2) is 4.57 Å². The molecule has 0 fully saturated rings. The van der Waals surface area contributed by atoms with E-state index in [-0.39, 0.29) is 0 Å². The summed E-state index contributed by atoms with van der Waals surface area (Å²) in [4.78, 5) is 0. The third kappa shape index (κ3) is 4.35. The van der Waals surface area contributed by atoms with Gasteiger partial charge in [0.25, 0.3) is 0 Å². The van der Waals surface area contributed by atoms with Crippen molar-refractivity contribution in [3.8, 4) is 27.9 Å². The first kappa shape index (κ1) is 30.3. The Labute approximate surface area is 317 Å². The Morgan fingerprint density at radius 2 is 0.709 bits per heavy atom. The second kappa shape index (κ2) is 11.6. The summed E-state index contributed by atoms with van der Waals surface area (Å²) in [5.74, 6) is 0. The second-order valence-electron chi connectivity index (χ2n) is 14.8. The fourth-order valence-electron chi connectivity index (χ4n) is 9.57. The Morgan fingerprint density at radius 3 is 1.40 bits per heavy atom. The Kier molecular flexibility index (Phi) is 6.40. The average molecular weight is 696 g/mol. The van der Waals surface area contributed by atoms with E-state index in [4.69, 9.17) is 0 Å². The molecule has 1 nitrogen and oxygen atoms in total. The fourth-order valence-corrected chi connectivity index (χ4v) is 9.57. The molecule has 0 saturated carbocycles. The minimum atomic E-state index is 1.19. The van der Waals surface area contributed by atoms with E-state index < -0.39 is 0 Å². The molecular weight excluding hydrogens is 663 g/mol. The largest absolute Gasteiger partial charge is 0.309 e. The molecule has 0 radical (unpaired) electrons. The van der Waals surface area contributed by atoms with Crippen molar-refractivity contribution >= 4 is 86.4 Å². The number of hydrogen-bond acceptors (Lipinski definition) is 0. The maximum Gasteiger partial charge on any atom is 0.0541 e. The Bertz CT molecular complexity index is 3520. The number of nitrogens with zero attached hydrogens (tertiary/aromatic N) is 1. The van der Waals surface area contributed by atoms with Crippen molar-refractivity contribution in [2.75, 3.05) is 0 Å². The van der Waals surface area contributed by atoms with Gasteiger partial charge in [-0.2, -0.15) is 0 Å². The predicted molar refractivity (Wildman–Crippen MR) is 237 cm³/mol. The summed E-state index contributed by atoms with van der Waals surface area (Å²) in [6.07, 6.45) is 0. The molecule has 254 valence electrons. The summed E-state index contributed by atoms with van der Waals surface area (Å²) < 4.78 is 2.46. The van der Waals surface area contributed by atoms with Gasteiger partial charge in [0.05, 0.1) is 16.7 Å². The van der Waals surface area contributed by atoms with Gasteiger partial charge in [-0.3, -0.25) is 0 Å². The van der Waals surface area contributed by atoms with E-state index in [9.17, 15) is 0 Å². The lowest BCUT2D eigenvalue weighted by Crippen LogP contribution is -1.96. The first-order valence-corrected chi connectivity index (χ1v) is 19.1. The van der Waals surface area contributed by atoms with Crippen LogP contribution < -0.4 is 0 Å². The molecule has 1 aromatic heterocycles. The minimum absolute atomic E-state index is 1.19. The van der Waals surface area contributed by atoms with Crippen LogP contribution in [0.25, 0.3) is 114 Å². The van der Waals surface area contributed by atoms with Gasteiger partial charge in [0, 0.05) is 16.2 Å². The Hall–Kier alpha value is -7.22. The van der Waals surface area contributed by atoms with Crippen molar-refractivity contribution in [2.24, 2.45) is 0 Å². The lowest BCUT2D eigenvalue weighted by molar-refractivity contribution is 1.20. The molecule has 0 N–H and O–H groups in total. The molecule has 55 heavy (non-hydrogen) atoms. The van der Waals surface area contributed by atoms with Crippen LogP contribution in [0, 0.1) is 0 Å².